The number of aryl methyl sites for hydroxylation is 1. The van der Waals surface area contributed by atoms with Crippen molar-refractivity contribution in [1.82, 2.24) is 10.2 Å². The van der Waals surface area contributed by atoms with Crippen LogP contribution >= 0.6 is 0 Å². The molecule has 3 aromatic rings. The van der Waals surface area contributed by atoms with Crippen molar-refractivity contribution in [3.63, 3.8) is 0 Å². The van der Waals surface area contributed by atoms with Crippen molar-refractivity contribution < 1.29 is 27.5 Å². The summed E-state index contributed by atoms with van der Waals surface area (Å²) < 4.78 is 40.7. The van der Waals surface area contributed by atoms with E-state index in [1.807, 2.05) is 38.1 Å². The maximum atomic E-state index is 14.4. The molecule has 2 aliphatic rings. The monoisotopic (exact) mass is 619 g/mol. The third-order valence-electron chi connectivity index (χ3n) is 8.20. The largest absolute Gasteiger partial charge is 0.486 e. The van der Waals surface area contributed by atoms with Gasteiger partial charge in [-0.05, 0) is 56.0 Å². The summed E-state index contributed by atoms with van der Waals surface area (Å²) in [5, 5.41) is 3.18. The van der Waals surface area contributed by atoms with Gasteiger partial charge in [0.05, 0.1) is 10.6 Å². The minimum atomic E-state index is -4.18. The fourth-order valence-corrected chi connectivity index (χ4v) is 7.33. The molecule has 1 aliphatic heterocycles. The molecule has 0 bridgehead atoms. The Labute approximate surface area is 260 Å². The minimum Gasteiger partial charge on any atom is -0.486 e. The Kier molecular flexibility index (Phi) is 10.1. The number of hydrogen-bond donors (Lipinski definition) is 1. The first-order valence-corrected chi connectivity index (χ1v) is 16.8. The Hall–Kier alpha value is -4.05. The van der Waals surface area contributed by atoms with Crippen molar-refractivity contribution in [2.75, 3.05) is 24.1 Å². The van der Waals surface area contributed by atoms with Gasteiger partial charge in [-0.25, -0.2) is 8.42 Å². The van der Waals surface area contributed by atoms with Crippen LogP contribution in [0.4, 0.5) is 5.69 Å². The average molecular weight is 620 g/mol. The number of anilines is 1. The first kappa shape index (κ1) is 31.4. The molecule has 0 unspecified atom stereocenters. The summed E-state index contributed by atoms with van der Waals surface area (Å²) in [5.41, 5.74) is 2.15. The first-order valence-electron chi connectivity index (χ1n) is 15.4. The molecule has 3 aromatic carbocycles. The lowest BCUT2D eigenvalue weighted by atomic mass is 9.95. The zero-order valence-electron chi connectivity index (χ0n) is 25.4. The number of rotatable bonds is 11. The van der Waals surface area contributed by atoms with Crippen molar-refractivity contribution >= 4 is 27.5 Å². The number of amides is 2. The van der Waals surface area contributed by atoms with Crippen molar-refractivity contribution in [2.24, 2.45) is 0 Å². The second-order valence-electron chi connectivity index (χ2n) is 11.4. The molecule has 1 fully saturated rings. The summed E-state index contributed by atoms with van der Waals surface area (Å²) in [4.78, 5) is 29.7. The number of hydrogen-bond acceptors (Lipinski definition) is 6. The third-order valence-corrected chi connectivity index (χ3v) is 9.98. The quantitative estimate of drug-likeness (QED) is 0.316. The predicted molar refractivity (Wildman–Crippen MR) is 169 cm³/mol. The molecule has 44 heavy (non-hydrogen) atoms. The molecule has 1 N–H and O–H groups in total. The average Bonchev–Trinajstić information content (AvgIpc) is 3.04. The van der Waals surface area contributed by atoms with Gasteiger partial charge in [0.1, 0.15) is 25.8 Å². The number of fused-ring (bicyclic) bond motifs is 1. The van der Waals surface area contributed by atoms with E-state index in [-0.39, 0.29) is 29.1 Å². The molecule has 0 spiro atoms. The van der Waals surface area contributed by atoms with Gasteiger partial charge in [-0.2, -0.15) is 0 Å². The smallest absolute Gasteiger partial charge is 0.264 e. The van der Waals surface area contributed by atoms with Crippen molar-refractivity contribution in [2.45, 2.75) is 75.9 Å². The fourth-order valence-electron chi connectivity index (χ4n) is 5.91. The van der Waals surface area contributed by atoms with E-state index in [4.69, 9.17) is 9.47 Å². The van der Waals surface area contributed by atoms with Crippen LogP contribution in [-0.2, 0) is 26.2 Å². The summed E-state index contributed by atoms with van der Waals surface area (Å²) in [6, 6.07) is 20.0. The van der Waals surface area contributed by atoms with Crippen LogP contribution in [0, 0.1) is 6.92 Å². The van der Waals surface area contributed by atoms with Crippen LogP contribution < -0.4 is 19.1 Å². The molecule has 5 rings (SSSR count). The van der Waals surface area contributed by atoms with Crippen LogP contribution in [0.1, 0.15) is 56.6 Å². The highest BCUT2D eigenvalue weighted by atomic mass is 32.2. The standard InChI is InChI=1S/C34H41N3O6S/c1-3-30(34(39)35-27-13-6-4-7-14-27)36(23-26-12-10-11-25(2)21-26)33(38)24-37(44(40,41)29-15-8-5-9-16-29)28-17-18-31-32(22-28)43-20-19-42-31/h5,8-12,15-18,21-22,27,30H,3-4,6-7,13-14,19-20,23-24H2,1-2H3,(H,35,39)/t30-/m1/s1. The number of carbonyl (C=O) groups is 2. The van der Waals surface area contributed by atoms with Gasteiger partial charge in [0.2, 0.25) is 11.8 Å². The Morgan fingerprint density at radius 2 is 1.64 bits per heavy atom. The van der Waals surface area contributed by atoms with E-state index < -0.39 is 28.5 Å². The maximum absolute atomic E-state index is 14.4. The van der Waals surface area contributed by atoms with E-state index in [9.17, 15) is 18.0 Å². The highest BCUT2D eigenvalue weighted by molar-refractivity contribution is 7.92. The minimum absolute atomic E-state index is 0.0509. The van der Waals surface area contributed by atoms with E-state index in [1.54, 1.807) is 36.4 Å². The molecule has 1 heterocycles. The Morgan fingerprint density at radius 1 is 0.909 bits per heavy atom. The molecule has 1 atom stereocenters. The van der Waals surface area contributed by atoms with Gasteiger partial charge in [0.25, 0.3) is 10.0 Å². The lowest BCUT2D eigenvalue weighted by Crippen LogP contribution is -2.54. The molecule has 9 nitrogen and oxygen atoms in total. The molecule has 2 amide bonds. The van der Waals surface area contributed by atoms with Crippen molar-refractivity contribution in [3.05, 3.63) is 83.9 Å². The summed E-state index contributed by atoms with van der Waals surface area (Å²) in [5.74, 6) is 0.225. The second-order valence-corrected chi connectivity index (χ2v) is 13.3. The number of benzene rings is 3. The zero-order chi connectivity index (χ0) is 31.1. The van der Waals surface area contributed by atoms with Crippen molar-refractivity contribution in [3.8, 4) is 11.5 Å². The Bertz CT molecular complexity index is 1560. The van der Waals surface area contributed by atoms with Crippen LogP contribution in [0.25, 0.3) is 0 Å². The summed E-state index contributed by atoms with van der Waals surface area (Å²) in [6.45, 7) is 4.23. The Morgan fingerprint density at radius 3 is 2.34 bits per heavy atom. The van der Waals surface area contributed by atoms with Gasteiger partial charge >= 0.3 is 0 Å². The first-order chi connectivity index (χ1) is 21.3. The molecular weight excluding hydrogens is 578 g/mol. The zero-order valence-corrected chi connectivity index (χ0v) is 26.2. The van der Waals surface area contributed by atoms with Crippen LogP contribution in [0.5, 0.6) is 11.5 Å². The van der Waals surface area contributed by atoms with Gasteiger partial charge in [-0.3, -0.25) is 13.9 Å². The second kappa shape index (κ2) is 14.2. The van der Waals surface area contributed by atoms with Gasteiger partial charge in [-0.15, -0.1) is 0 Å². The van der Waals surface area contributed by atoms with Crippen LogP contribution in [-0.4, -0.2) is 57.0 Å². The molecule has 10 heteroatoms. The van der Waals surface area contributed by atoms with Crippen LogP contribution in [0.15, 0.2) is 77.7 Å². The normalized spacial score (nSPS) is 15.7. The summed E-state index contributed by atoms with van der Waals surface area (Å²) >= 11 is 0. The highest BCUT2D eigenvalue weighted by Gasteiger charge is 2.35. The van der Waals surface area contributed by atoms with E-state index in [0.717, 1.165) is 47.5 Å². The van der Waals surface area contributed by atoms with Gasteiger partial charge < -0.3 is 19.7 Å². The molecule has 0 saturated heterocycles. The number of nitrogens with one attached hydrogen (secondary N) is 1. The molecule has 0 aromatic heterocycles. The Balaban J connectivity index is 1.50. The molecule has 1 saturated carbocycles. The lowest BCUT2D eigenvalue weighted by Gasteiger charge is -2.34. The number of nitrogens with zero attached hydrogens (tertiary/aromatic N) is 2. The summed E-state index contributed by atoms with van der Waals surface area (Å²) in [7, 11) is -4.18. The number of carbonyl (C=O) groups excluding carboxylic acids is 2. The molecule has 234 valence electrons. The summed E-state index contributed by atoms with van der Waals surface area (Å²) in [6.07, 6.45) is 5.51. The number of sulfonamides is 1. The van der Waals surface area contributed by atoms with E-state index in [1.165, 1.54) is 17.0 Å². The van der Waals surface area contributed by atoms with E-state index >= 15 is 0 Å². The third kappa shape index (κ3) is 7.35. The van der Waals surface area contributed by atoms with Gasteiger partial charge in [-0.1, -0.05) is 74.2 Å². The van der Waals surface area contributed by atoms with Gasteiger partial charge in [0, 0.05) is 18.7 Å². The molecule has 1 aliphatic carbocycles. The maximum Gasteiger partial charge on any atom is 0.264 e. The van der Waals surface area contributed by atoms with Crippen LogP contribution in [0.3, 0.4) is 0 Å². The van der Waals surface area contributed by atoms with E-state index in [0.29, 0.717) is 31.1 Å². The molecule has 0 radical (unpaired) electrons. The van der Waals surface area contributed by atoms with Crippen molar-refractivity contribution in [1.29, 1.82) is 0 Å². The fraction of sp³-hybridized carbons (Fsp3) is 0.412. The van der Waals surface area contributed by atoms with E-state index in [2.05, 4.69) is 5.32 Å². The predicted octanol–water partition coefficient (Wildman–Crippen LogP) is 5.22. The topological polar surface area (TPSA) is 105 Å². The van der Waals surface area contributed by atoms with Gasteiger partial charge in [0.15, 0.2) is 11.5 Å². The van der Waals surface area contributed by atoms with Crippen LogP contribution in [0.2, 0.25) is 0 Å². The number of ether oxygens (including phenoxy) is 2. The lowest BCUT2D eigenvalue weighted by molar-refractivity contribution is -0.140. The molecular formula is C34H41N3O6S. The SMILES string of the molecule is CC[C@H](C(=O)NC1CCCCC1)N(Cc1cccc(C)c1)C(=O)CN(c1ccc2c(c1)OCCO2)S(=O)(=O)c1ccccc1. The highest BCUT2D eigenvalue weighted by Crippen LogP contribution is 2.36.